The lowest BCUT2D eigenvalue weighted by atomic mass is 9.78. The SMILES string of the molecule is CCCCOCC(=O)NCC1(COC)CCN(C(=O)CCc2cnc[nH]2)CC1. The highest BCUT2D eigenvalue weighted by Crippen LogP contribution is 2.31. The lowest BCUT2D eigenvalue weighted by Gasteiger charge is -2.41. The number of nitrogens with zero attached hydrogens (tertiary/aromatic N) is 2. The Hall–Kier alpha value is -1.93. The normalized spacial score (nSPS) is 16.1. The van der Waals surface area contributed by atoms with Gasteiger partial charge >= 0.3 is 0 Å². The van der Waals surface area contributed by atoms with Gasteiger partial charge in [-0.2, -0.15) is 0 Å². The van der Waals surface area contributed by atoms with Crippen LogP contribution in [0.25, 0.3) is 0 Å². The highest BCUT2D eigenvalue weighted by atomic mass is 16.5. The number of ether oxygens (including phenoxy) is 2. The maximum Gasteiger partial charge on any atom is 0.246 e. The van der Waals surface area contributed by atoms with Crippen molar-refractivity contribution in [2.24, 2.45) is 5.41 Å². The monoisotopic (exact) mass is 394 g/mol. The van der Waals surface area contributed by atoms with E-state index in [9.17, 15) is 9.59 Å². The van der Waals surface area contributed by atoms with Gasteiger partial charge in [-0.25, -0.2) is 4.98 Å². The summed E-state index contributed by atoms with van der Waals surface area (Å²) < 4.78 is 10.8. The Morgan fingerprint density at radius 2 is 2.14 bits per heavy atom. The fourth-order valence-corrected chi connectivity index (χ4v) is 3.48. The maximum atomic E-state index is 12.5. The average molecular weight is 395 g/mol. The van der Waals surface area contributed by atoms with E-state index in [2.05, 4.69) is 22.2 Å². The largest absolute Gasteiger partial charge is 0.384 e. The molecule has 8 nitrogen and oxygen atoms in total. The number of piperidine rings is 1. The molecule has 1 aliphatic rings. The van der Waals surface area contributed by atoms with Crippen molar-refractivity contribution < 1.29 is 19.1 Å². The van der Waals surface area contributed by atoms with Gasteiger partial charge in [0.05, 0.1) is 12.9 Å². The van der Waals surface area contributed by atoms with Crippen LogP contribution in [0.4, 0.5) is 0 Å². The number of unbranched alkanes of at least 4 members (excludes halogenated alkanes) is 1. The first kappa shape index (κ1) is 22.4. The lowest BCUT2D eigenvalue weighted by Crippen LogP contribution is -2.50. The van der Waals surface area contributed by atoms with E-state index >= 15 is 0 Å². The molecule has 2 rings (SSSR count). The predicted octanol–water partition coefficient (Wildman–Crippen LogP) is 1.53. The molecule has 0 unspecified atom stereocenters. The van der Waals surface area contributed by atoms with Gasteiger partial charge in [0.1, 0.15) is 6.61 Å². The predicted molar refractivity (Wildman–Crippen MR) is 106 cm³/mol. The zero-order valence-corrected chi connectivity index (χ0v) is 17.2. The van der Waals surface area contributed by atoms with Crippen LogP contribution < -0.4 is 5.32 Å². The van der Waals surface area contributed by atoms with E-state index in [1.165, 1.54) is 0 Å². The summed E-state index contributed by atoms with van der Waals surface area (Å²) in [5.74, 6) is 0.0682. The number of aryl methyl sites for hydroxylation is 1. The Morgan fingerprint density at radius 3 is 2.79 bits per heavy atom. The van der Waals surface area contributed by atoms with E-state index in [1.807, 2.05) is 4.90 Å². The molecule has 1 fully saturated rings. The summed E-state index contributed by atoms with van der Waals surface area (Å²) in [4.78, 5) is 33.4. The number of rotatable bonds is 12. The first-order valence-corrected chi connectivity index (χ1v) is 10.2. The summed E-state index contributed by atoms with van der Waals surface area (Å²) in [7, 11) is 1.68. The van der Waals surface area contributed by atoms with Crippen molar-refractivity contribution >= 4 is 11.8 Å². The molecule has 0 aromatic carbocycles. The molecule has 1 aliphatic heterocycles. The zero-order valence-electron chi connectivity index (χ0n) is 17.2. The van der Waals surface area contributed by atoms with Crippen molar-refractivity contribution in [1.82, 2.24) is 20.2 Å². The quantitative estimate of drug-likeness (QED) is 0.524. The highest BCUT2D eigenvalue weighted by molar-refractivity contribution is 5.77. The molecule has 0 radical (unpaired) electrons. The summed E-state index contributed by atoms with van der Waals surface area (Å²) in [5.41, 5.74) is 0.844. The van der Waals surface area contributed by atoms with Crippen LogP contribution in [-0.4, -0.2) is 73.2 Å². The van der Waals surface area contributed by atoms with Gasteiger partial charge in [0, 0.05) is 57.1 Å². The number of methoxy groups -OCH3 is 1. The Balaban J connectivity index is 1.74. The van der Waals surface area contributed by atoms with Crippen molar-refractivity contribution in [3.8, 4) is 0 Å². The topological polar surface area (TPSA) is 96.6 Å². The van der Waals surface area contributed by atoms with Crippen molar-refractivity contribution in [2.45, 2.75) is 45.4 Å². The Kier molecular flexibility index (Phi) is 9.43. The standard InChI is InChI=1S/C20H34N4O4/c1-3-4-11-28-13-18(25)22-14-20(15-27-2)7-9-24(10-8-20)19(26)6-5-17-12-21-16-23-17/h12,16H,3-11,13-15H2,1-2H3,(H,21,23)(H,22,25). The van der Waals surface area contributed by atoms with Crippen LogP contribution in [0.2, 0.25) is 0 Å². The van der Waals surface area contributed by atoms with Gasteiger partial charge in [0.15, 0.2) is 0 Å². The van der Waals surface area contributed by atoms with Gasteiger partial charge in [0.25, 0.3) is 0 Å². The number of carbonyl (C=O) groups excluding carboxylic acids is 2. The minimum atomic E-state index is -0.131. The number of nitrogens with one attached hydrogen (secondary N) is 2. The average Bonchev–Trinajstić information content (AvgIpc) is 3.22. The molecule has 1 aromatic rings. The van der Waals surface area contributed by atoms with Crippen molar-refractivity contribution in [2.75, 3.05) is 46.6 Å². The van der Waals surface area contributed by atoms with Gasteiger partial charge in [-0.1, -0.05) is 13.3 Å². The summed E-state index contributed by atoms with van der Waals surface area (Å²) >= 11 is 0. The molecule has 0 bridgehead atoms. The summed E-state index contributed by atoms with van der Waals surface area (Å²) in [6, 6.07) is 0. The van der Waals surface area contributed by atoms with Crippen molar-refractivity contribution in [1.29, 1.82) is 0 Å². The second-order valence-corrected chi connectivity index (χ2v) is 7.57. The second kappa shape index (κ2) is 11.8. The Bertz CT molecular complexity index is 583. The van der Waals surface area contributed by atoms with Gasteiger partial charge in [-0.15, -0.1) is 0 Å². The third-order valence-electron chi connectivity index (χ3n) is 5.33. The number of hydrogen-bond acceptors (Lipinski definition) is 5. The minimum Gasteiger partial charge on any atom is -0.384 e. The zero-order chi connectivity index (χ0) is 20.2. The third kappa shape index (κ3) is 7.24. The van der Waals surface area contributed by atoms with Crippen molar-refractivity contribution in [3.63, 3.8) is 0 Å². The molecular weight excluding hydrogens is 360 g/mol. The number of aromatic amines is 1. The van der Waals surface area contributed by atoms with E-state index in [-0.39, 0.29) is 23.8 Å². The van der Waals surface area contributed by atoms with Crippen LogP contribution in [0.5, 0.6) is 0 Å². The van der Waals surface area contributed by atoms with Gasteiger partial charge in [-0.05, 0) is 25.7 Å². The summed E-state index contributed by atoms with van der Waals surface area (Å²) in [5, 5.41) is 2.98. The molecule has 2 heterocycles. The number of aromatic nitrogens is 2. The summed E-state index contributed by atoms with van der Waals surface area (Å²) in [6.45, 7) is 5.30. The second-order valence-electron chi connectivity index (χ2n) is 7.57. The molecule has 2 amide bonds. The highest BCUT2D eigenvalue weighted by Gasteiger charge is 2.36. The molecular formula is C20H34N4O4. The van der Waals surface area contributed by atoms with E-state index in [1.54, 1.807) is 19.6 Å². The lowest BCUT2D eigenvalue weighted by molar-refractivity contribution is -0.135. The minimum absolute atomic E-state index is 0.0929. The van der Waals surface area contributed by atoms with Crippen LogP contribution in [0.1, 0.15) is 44.7 Å². The van der Waals surface area contributed by atoms with Crippen LogP contribution >= 0.6 is 0 Å². The molecule has 1 aromatic heterocycles. The molecule has 8 heteroatoms. The number of imidazole rings is 1. The molecule has 28 heavy (non-hydrogen) atoms. The molecule has 158 valence electrons. The van der Waals surface area contributed by atoms with Gasteiger partial charge in [0.2, 0.25) is 11.8 Å². The van der Waals surface area contributed by atoms with E-state index in [0.29, 0.717) is 45.7 Å². The first-order valence-electron chi connectivity index (χ1n) is 10.2. The van der Waals surface area contributed by atoms with Crippen LogP contribution in [0.3, 0.4) is 0 Å². The third-order valence-corrected chi connectivity index (χ3v) is 5.33. The van der Waals surface area contributed by atoms with Crippen molar-refractivity contribution in [3.05, 3.63) is 18.2 Å². The van der Waals surface area contributed by atoms with Gasteiger partial charge < -0.3 is 24.7 Å². The number of hydrogen-bond donors (Lipinski definition) is 2. The smallest absolute Gasteiger partial charge is 0.246 e. The molecule has 2 N–H and O–H groups in total. The van der Waals surface area contributed by atoms with E-state index in [0.717, 1.165) is 31.4 Å². The van der Waals surface area contributed by atoms with E-state index in [4.69, 9.17) is 9.47 Å². The maximum absolute atomic E-state index is 12.5. The Labute approximate surface area is 167 Å². The number of likely N-dealkylation sites (tertiary alicyclic amines) is 1. The number of carbonyl (C=O) groups is 2. The number of H-pyrrole nitrogens is 1. The fraction of sp³-hybridized carbons (Fsp3) is 0.750. The van der Waals surface area contributed by atoms with E-state index < -0.39 is 0 Å². The Morgan fingerprint density at radius 1 is 1.36 bits per heavy atom. The van der Waals surface area contributed by atoms with Gasteiger partial charge in [-0.3, -0.25) is 9.59 Å². The fourth-order valence-electron chi connectivity index (χ4n) is 3.48. The molecule has 0 atom stereocenters. The first-order chi connectivity index (χ1) is 13.6. The molecule has 0 saturated carbocycles. The summed E-state index contributed by atoms with van der Waals surface area (Å²) in [6.07, 6.45) is 8.17. The number of amides is 2. The van der Waals surface area contributed by atoms with Crippen LogP contribution in [-0.2, 0) is 25.5 Å². The molecule has 0 aliphatic carbocycles. The molecule has 0 spiro atoms. The van der Waals surface area contributed by atoms with Crippen LogP contribution in [0, 0.1) is 5.41 Å². The molecule has 1 saturated heterocycles. The van der Waals surface area contributed by atoms with Crippen LogP contribution in [0.15, 0.2) is 12.5 Å².